The van der Waals surface area contributed by atoms with Gasteiger partial charge in [-0.1, -0.05) is 191 Å². The highest BCUT2D eigenvalue weighted by molar-refractivity contribution is 5.71. The Bertz CT molecular complexity index is 1060. The van der Waals surface area contributed by atoms with Crippen molar-refractivity contribution < 1.29 is 28.6 Å². The molecule has 0 amide bonds. The van der Waals surface area contributed by atoms with E-state index in [0.717, 1.165) is 83.5 Å². The Morgan fingerprint density at radius 1 is 0.333 bits per heavy atom. The summed E-state index contributed by atoms with van der Waals surface area (Å²) < 4.78 is 16.8. The summed E-state index contributed by atoms with van der Waals surface area (Å²) in [6.45, 7) is 6.54. The molecule has 0 aromatic heterocycles. The standard InChI is InChI=1S/C54H96O6/c1-4-7-10-13-16-19-22-24-25-26-27-28-29-30-33-35-38-41-44-47-53(56)59-50-51(49-58-52(55)46-43-40-37-34-31-21-18-15-12-9-6-3)60-54(57)48-45-42-39-36-32-23-20-17-14-11-8-5-2/h15-20,24-25,51H,4-14,21-23,26-50H2,1-3H3/b18-15-,19-16-,20-17-,25-24-/t51-/m1/s1. The second-order valence-electron chi connectivity index (χ2n) is 17.1. The fraction of sp³-hybridized carbons (Fsp3) is 0.796. The molecule has 0 aromatic rings. The average molecular weight is 841 g/mol. The summed E-state index contributed by atoms with van der Waals surface area (Å²) >= 11 is 0. The Kier molecular flexibility index (Phi) is 46.9. The minimum atomic E-state index is -0.779. The molecule has 0 unspecified atom stereocenters. The van der Waals surface area contributed by atoms with E-state index >= 15 is 0 Å². The summed E-state index contributed by atoms with van der Waals surface area (Å²) in [6, 6.07) is 0. The Morgan fingerprint density at radius 2 is 0.617 bits per heavy atom. The Hall–Kier alpha value is -2.63. The SMILES string of the molecule is CCCC/C=C\CCCCCCCC(=O)OC[C@H](COC(=O)CCCCCCCCCCC/C=C\C/C=C\CCCCC)OC(=O)CCCCCCC/C=C\CCCCC. The van der Waals surface area contributed by atoms with Gasteiger partial charge >= 0.3 is 17.9 Å². The summed E-state index contributed by atoms with van der Waals surface area (Å²) in [5.74, 6) is -0.900. The van der Waals surface area contributed by atoms with Crippen molar-refractivity contribution in [2.75, 3.05) is 13.2 Å². The fourth-order valence-electron chi connectivity index (χ4n) is 7.09. The van der Waals surface area contributed by atoms with Crippen LogP contribution in [0.25, 0.3) is 0 Å². The predicted molar refractivity (Wildman–Crippen MR) is 256 cm³/mol. The second-order valence-corrected chi connectivity index (χ2v) is 17.1. The number of hydrogen-bond acceptors (Lipinski definition) is 6. The zero-order valence-corrected chi connectivity index (χ0v) is 39.7. The predicted octanol–water partition coefficient (Wildman–Crippen LogP) is 16.7. The van der Waals surface area contributed by atoms with E-state index < -0.39 is 6.10 Å². The molecule has 0 heterocycles. The highest BCUT2D eigenvalue weighted by Gasteiger charge is 2.19. The normalized spacial score (nSPS) is 12.4. The summed E-state index contributed by atoms with van der Waals surface area (Å²) in [5.41, 5.74) is 0. The number of esters is 3. The first-order valence-corrected chi connectivity index (χ1v) is 25.6. The Labute approximate surface area is 371 Å². The molecule has 0 saturated heterocycles. The molecule has 348 valence electrons. The molecule has 0 aliphatic heterocycles. The zero-order valence-electron chi connectivity index (χ0n) is 39.7. The molecule has 0 bridgehead atoms. The zero-order chi connectivity index (χ0) is 43.7. The number of hydrogen-bond donors (Lipinski definition) is 0. The third-order valence-electron chi connectivity index (χ3n) is 11.0. The molecule has 0 spiro atoms. The van der Waals surface area contributed by atoms with Gasteiger partial charge in [0.15, 0.2) is 6.10 Å². The van der Waals surface area contributed by atoms with E-state index in [1.807, 2.05) is 0 Å². The van der Waals surface area contributed by atoms with Gasteiger partial charge in [0.1, 0.15) is 13.2 Å². The number of carbonyl (C=O) groups is 3. The molecule has 6 nitrogen and oxygen atoms in total. The van der Waals surface area contributed by atoms with E-state index in [2.05, 4.69) is 69.4 Å². The maximum atomic E-state index is 12.7. The van der Waals surface area contributed by atoms with Crippen LogP contribution in [0.3, 0.4) is 0 Å². The molecule has 0 N–H and O–H groups in total. The van der Waals surface area contributed by atoms with E-state index in [-0.39, 0.29) is 31.1 Å². The number of carbonyl (C=O) groups excluding carboxylic acids is 3. The molecule has 0 rings (SSSR count). The minimum Gasteiger partial charge on any atom is -0.462 e. The molecule has 0 saturated carbocycles. The minimum absolute atomic E-state index is 0.0807. The summed E-state index contributed by atoms with van der Waals surface area (Å²) in [7, 11) is 0. The van der Waals surface area contributed by atoms with Crippen molar-refractivity contribution in [3.05, 3.63) is 48.6 Å². The van der Waals surface area contributed by atoms with Crippen LogP contribution in [0.5, 0.6) is 0 Å². The monoisotopic (exact) mass is 841 g/mol. The Morgan fingerprint density at radius 3 is 0.983 bits per heavy atom. The summed E-state index contributed by atoms with van der Waals surface area (Å²) in [6.07, 6.45) is 58.1. The van der Waals surface area contributed by atoms with Crippen LogP contribution in [-0.2, 0) is 28.6 Å². The van der Waals surface area contributed by atoms with Crippen molar-refractivity contribution in [1.82, 2.24) is 0 Å². The van der Waals surface area contributed by atoms with Crippen molar-refractivity contribution in [3.63, 3.8) is 0 Å². The van der Waals surface area contributed by atoms with Crippen molar-refractivity contribution in [2.24, 2.45) is 0 Å². The highest BCUT2D eigenvalue weighted by Crippen LogP contribution is 2.14. The van der Waals surface area contributed by atoms with Gasteiger partial charge in [0.05, 0.1) is 0 Å². The first kappa shape index (κ1) is 57.4. The molecule has 1 atom stereocenters. The van der Waals surface area contributed by atoms with Gasteiger partial charge in [0.2, 0.25) is 0 Å². The van der Waals surface area contributed by atoms with Crippen LogP contribution in [0, 0.1) is 0 Å². The van der Waals surface area contributed by atoms with Crippen LogP contribution >= 0.6 is 0 Å². The third kappa shape index (κ3) is 46.4. The van der Waals surface area contributed by atoms with Gasteiger partial charge < -0.3 is 14.2 Å². The van der Waals surface area contributed by atoms with E-state index in [9.17, 15) is 14.4 Å². The van der Waals surface area contributed by atoms with Gasteiger partial charge in [-0.2, -0.15) is 0 Å². The number of unbranched alkanes of at least 4 members (excludes halogenated alkanes) is 27. The fourth-order valence-corrected chi connectivity index (χ4v) is 7.09. The Balaban J connectivity index is 4.32. The van der Waals surface area contributed by atoms with Gasteiger partial charge in [-0.05, 0) is 96.3 Å². The molecule has 0 fully saturated rings. The first-order valence-electron chi connectivity index (χ1n) is 25.6. The van der Waals surface area contributed by atoms with Gasteiger partial charge in [-0.25, -0.2) is 0 Å². The maximum Gasteiger partial charge on any atom is 0.306 e. The first-order chi connectivity index (χ1) is 29.5. The quantitative estimate of drug-likeness (QED) is 0.0263. The van der Waals surface area contributed by atoms with Gasteiger partial charge in [-0.15, -0.1) is 0 Å². The largest absolute Gasteiger partial charge is 0.462 e. The van der Waals surface area contributed by atoms with Crippen molar-refractivity contribution in [3.8, 4) is 0 Å². The molecule has 6 heteroatoms. The molecule has 60 heavy (non-hydrogen) atoms. The van der Waals surface area contributed by atoms with Crippen LogP contribution in [0.4, 0.5) is 0 Å². The average Bonchev–Trinajstić information content (AvgIpc) is 3.24. The lowest BCUT2D eigenvalue weighted by Crippen LogP contribution is -2.30. The van der Waals surface area contributed by atoms with E-state index in [1.54, 1.807) is 0 Å². The molecule has 0 radical (unpaired) electrons. The summed E-state index contributed by atoms with van der Waals surface area (Å²) in [4.78, 5) is 37.9. The second kappa shape index (κ2) is 49.0. The summed E-state index contributed by atoms with van der Waals surface area (Å²) in [5, 5.41) is 0. The molecule has 0 aromatic carbocycles. The van der Waals surface area contributed by atoms with Crippen molar-refractivity contribution >= 4 is 17.9 Å². The number of allylic oxidation sites excluding steroid dienone is 8. The molecule has 0 aliphatic rings. The van der Waals surface area contributed by atoms with Crippen LogP contribution in [0.1, 0.15) is 258 Å². The molecular formula is C54H96O6. The van der Waals surface area contributed by atoms with Crippen LogP contribution in [0.15, 0.2) is 48.6 Å². The highest BCUT2D eigenvalue weighted by atomic mass is 16.6. The van der Waals surface area contributed by atoms with Gasteiger partial charge in [0.25, 0.3) is 0 Å². The van der Waals surface area contributed by atoms with Crippen LogP contribution in [-0.4, -0.2) is 37.2 Å². The lowest BCUT2D eigenvalue weighted by atomic mass is 10.1. The van der Waals surface area contributed by atoms with Crippen LogP contribution < -0.4 is 0 Å². The molecule has 0 aliphatic carbocycles. The van der Waals surface area contributed by atoms with Crippen LogP contribution in [0.2, 0.25) is 0 Å². The topological polar surface area (TPSA) is 78.9 Å². The van der Waals surface area contributed by atoms with E-state index in [1.165, 1.54) is 135 Å². The molecular weight excluding hydrogens is 745 g/mol. The van der Waals surface area contributed by atoms with E-state index in [4.69, 9.17) is 14.2 Å². The smallest absolute Gasteiger partial charge is 0.306 e. The lowest BCUT2D eigenvalue weighted by molar-refractivity contribution is -0.167. The van der Waals surface area contributed by atoms with Gasteiger partial charge in [0, 0.05) is 19.3 Å². The number of ether oxygens (including phenoxy) is 3. The van der Waals surface area contributed by atoms with E-state index in [0.29, 0.717) is 19.3 Å². The van der Waals surface area contributed by atoms with Crippen molar-refractivity contribution in [2.45, 2.75) is 264 Å². The lowest BCUT2D eigenvalue weighted by Gasteiger charge is -2.18. The van der Waals surface area contributed by atoms with Crippen molar-refractivity contribution in [1.29, 1.82) is 0 Å². The third-order valence-corrected chi connectivity index (χ3v) is 11.0. The maximum absolute atomic E-state index is 12.7. The number of rotatable bonds is 46. The van der Waals surface area contributed by atoms with Gasteiger partial charge in [-0.3, -0.25) is 14.4 Å².